The first kappa shape index (κ1) is 12.2. The van der Waals surface area contributed by atoms with Crippen LogP contribution in [-0.4, -0.2) is 29.0 Å². The summed E-state index contributed by atoms with van der Waals surface area (Å²) in [7, 11) is 0. The number of carboxylic acid groups (broad SMARTS) is 1. The van der Waals surface area contributed by atoms with Gasteiger partial charge in [-0.2, -0.15) is 0 Å². The van der Waals surface area contributed by atoms with Gasteiger partial charge in [-0.25, -0.2) is 4.79 Å². The van der Waals surface area contributed by atoms with E-state index in [1.807, 2.05) is 30.5 Å². The molecule has 1 aromatic carbocycles. The minimum absolute atomic E-state index is 0.137. The Morgan fingerprint density at radius 3 is 2.94 bits per heavy atom. The van der Waals surface area contributed by atoms with Gasteiger partial charge in [0.25, 0.3) is 0 Å². The van der Waals surface area contributed by atoms with E-state index in [2.05, 4.69) is 10.3 Å². The molecule has 1 aromatic heterocycles. The summed E-state index contributed by atoms with van der Waals surface area (Å²) < 4.78 is 0. The number of carbonyl (C=O) groups is 2. The molecule has 0 aliphatic heterocycles. The Bertz CT molecular complexity index is 562. The molecule has 0 aliphatic carbocycles. The number of benzene rings is 1. The molecular weight excluding hydrogens is 232 g/mol. The van der Waals surface area contributed by atoms with Crippen LogP contribution < -0.4 is 5.32 Å². The molecule has 94 valence electrons. The smallest absolute Gasteiger partial charge is 0.404 e. The lowest BCUT2D eigenvalue weighted by atomic mass is 10.0. The van der Waals surface area contributed by atoms with Gasteiger partial charge in [0.05, 0.1) is 0 Å². The number of hydrogen-bond donors (Lipinski definition) is 3. The zero-order chi connectivity index (χ0) is 13.0. The first-order valence-corrected chi connectivity index (χ1v) is 5.68. The lowest BCUT2D eigenvalue weighted by Crippen LogP contribution is -2.29. The molecule has 5 nitrogen and oxygen atoms in total. The lowest BCUT2D eigenvalue weighted by molar-refractivity contribution is -0.110. The minimum atomic E-state index is -1.11. The number of amides is 1. The first-order chi connectivity index (χ1) is 8.70. The summed E-state index contributed by atoms with van der Waals surface area (Å²) in [6.07, 6.45) is 2.06. The molecule has 0 fully saturated rings. The Kier molecular flexibility index (Phi) is 3.62. The summed E-state index contributed by atoms with van der Waals surface area (Å²) in [6.45, 7) is 0.137. The van der Waals surface area contributed by atoms with Gasteiger partial charge in [-0.3, -0.25) is 0 Å². The second-order valence-electron chi connectivity index (χ2n) is 4.15. The molecule has 5 heteroatoms. The standard InChI is InChI=1S/C13H14N2O3/c16-8-9(6-15-13(17)18)5-10-7-14-12-4-2-1-3-11(10)12/h1-4,7-9,14-15H,5-6H2,(H,17,18). The normalized spacial score (nSPS) is 12.2. The highest BCUT2D eigenvalue weighted by Crippen LogP contribution is 2.20. The second-order valence-corrected chi connectivity index (χ2v) is 4.15. The van der Waals surface area contributed by atoms with Crippen LogP contribution in [0.15, 0.2) is 30.5 Å². The van der Waals surface area contributed by atoms with Gasteiger partial charge in [-0.15, -0.1) is 0 Å². The number of para-hydroxylation sites is 1. The van der Waals surface area contributed by atoms with E-state index in [1.54, 1.807) is 0 Å². The van der Waals surface area contributed by atoms with Crippen molar-refractivity contribution in [2.75, 3.05) is 6.54 Å². The van der Waals surface area contributed by atoms with Gasteiger partial charge in [0, 0.05) is 29.6 Å². The molecule has 2 rings (SSSR count). The van der Waals surface area contributed by atoms with Crippen molar-refractivity contribution in [3.8, 4) is 0 Å². The molecule has 1 amide bonds. The molecular formula is C13H14N2O3. The van der Waals surface area contributed by atoms with Crippen molar-refractivity contribution in [3.63, 3.8) is 0 Å². The molecule has 1 heterocycles. The molecule has 0 spiro atoms. The van der Waals surface area contributed by atoms with E-state index in [1.165, 1.54) is 0 Å². The van der Waals surface area contributed by atoms with Crippen LogP contribution in [0.5, 0.6) is 0 Å². The van der Waals surface area contributed by atoms with Crippen LogP contribution in [0, 0.1) is 5.92 Å². The third kappa shape index (κ3) is 2.68. The Morgan fingerprint density at radius 1 is 1.44 bits per heavy atom. The molecule has 1 unspecified atom stereocenters. The van der Waals surface area contributed by atoms with E-state index >= 15 is 0 Å². The van der Waals surface area contributed by atoms with E-state index in [4.69, 9.17) is 5.11 Å². The number of carbonyl (C=O) groups excluding carboxylic acids is 1. The highest BCUT2D eigenvalue weighted by molar-refractivity contribution is 5.83. The number of aromatic nitrogens is 1. The molecule has 0 aliphatic rings. The van der Waals surface area contributed by atoms with Crippen molar-refractivity contribution >= 4 is 23.3 Å². The third-order valence-electron chi connectivity index (χ3n) is 2.86. The fraction of sp³-hybridized carbons (Fsp3) is 0.231. The van der Waals surface area contributed by atoms with Gasteiger partial charge < -0.3 is 20.2 Å². The number of nitrogens with one attached hydrogen (secondary N) is 2. The predicted molar refractivity (Wildman–Crippen MR) is 67.6 cm³/mol. The molecule has 3 N–H and O–H groups in total. The number of H-pyrrole nitrogens is 1. The molecule has 18 heavy (non-hydrogen) atoms. The highest BCUT2D eigenvalue weighted by Gasteiger charge is 2.12. The average molecular weight is 246 g/mol. The maximum atomic E-state index is 10.9. The zero-order valence-corrected chi connectivity index (χ0v) is 9.72. The van der Waals surface area contributed by atoms with Crippen LogP contribution in [-0.2, 0) is 11.2 Å². The summed E-state index contributed by atoms with van der Waals surface area (Å²) in [5.41, 5.74) is 2.04. The van der Waals surface area contributed by atoms with Crippen LogP contribution in [0.1, 0.15) is 5.56 Å². The predicted octanol–water partition coefficient (Wildman–Crippen LogP) is 1.79. The summed E-state index contributed by atoms with van der Waals surface area (Å²) in [5.74, 6) is -0.347. The van der Waals surface area contributed by atoms with Crippen LogP contribution in [0.4, 0.5) is 4.79 Å². The van der Waals surface area contributed by atoms with Crippen LogP contribution >= 0.6 is 0 Å². The molecule has 0 saturated heterocycles. The number of hydrogen-bond acceptors (Lipinski definition) is 2. The maximum Gasteiger partial charge on any atom is 0.404 e. The monoisotopic (exact) mass is 246 g/mol. The number of aldehydes is 1. The Hall–Kier alpha value is -2.30. The highest BCUT2D eigenvalue weighted by atomic mass is 16.4. The van der Waals surface area contributed by atoms with Crippen molar-refractivity contribution in [2.24, 2.45) is 5.92 Å². The maximum absolute atomic E-state index is 10.9. The number of aromatic amines is 1. The minimum Gasteiger partial charge on any atom is -0.465 e. The summed E-state index contributed by atoms with van der Waals surface area (Å²) in [5, 5.41) is 11.8. The van der Waals surface area contributed by atoms with E-state index in [0.717, 1.165) is 22.8 Å². The zero-order valence-electron chi connectivity index (χ0n) is 9.72. The van der Waals surface area contributed by atoms with Crippen LogP contribution in [0.3, 0.4) is 0 Å². The van der Waals surface area contributed by atoms with E-state index in [0.29, 0.717) is 6.42 Å². The first-order valence-electron chi connectivity index (χ1n) is 5.68. The van der Waals surface area contributed by atoms with Crippen molar-refractivity contribution in [1.82, 2.24) is 10.3 Å². The van der Waals surface area contributed by atoms with Gasteiger partial charge >= 0.3 is 6.09 Å². The fourth-order valence-corrected chi connectivity index (χ4v) is 1.97. The van der Waals surface area contributed by atoms with Gasteiger partial charge in [0.2, 0.25) is 0 Å². The van der Waals surface area contributed by atoms with Crippen LogP contribution in [0.25, 0.3) is 10.9 Å². The Balaban J connectivity index is 2.11. The second kappa shape index (κ2) is 5.35. The molecule has 0 saturated carbocycles. The molecule has 2 aromatic rings. The summed E-state index contributed by atoms with van der Waals surface area (Å²) in [4.78, 5) is 24.5. The van der Waals surface area contributed by atoms with Crippen molar-refractivity contribution < 1.29 is 14.7 Å². The van der Waals surface area contributed by atoms with E-state index in [-0.39, 0.29) is 12.5 Å². The Morgan fingerprint density at radius 2 is 2.22 bits per heavy atom. The third-order valence-corrected chi connectivity index (χ3v) is 2.86. The van der Waals surface area contributed by atoms with Crippen molar-refractivity contribution in [2.45, 2.75) is 6.42 Å². The summed E-state index contributed by atoms with van der Waals surface area (Å²) in [6, 6.07) is 7.81. The number of rotatable bonds is 5. The summed E-state index contributed by atoms with van der Waals surface area (Å²) >= 11 is 0. The lowest BCUT2D eigenvalue weighted by Gasteiger charge is -2.09. The largest absolute Gasteiger partial charge is 0.465 e. The number of fused-ring (bicyclic) bond motifs is 1. The fourth-order valence-electron chi connectivity index (χ4n) is 1.97. The van der Waals surface area contributed by atoms with Gasteiger partial charge in [0.15, 0.2) is 0 Å². The quantitative estimate of drug-likeness (QED) is 0.703. The van der Waals surface area contributed by atoms with Gasteiger partial charge in [-0.1, -0.05) is 18.2 Å². The molecule has 1 atom stereocenters. The van der Waals surface area contributed by atoms with Crippen LogP contribution in [0.2, 0.25) is 0 Å². The van der Waals surface area contributed by atoms with E-state index < -0.39 is 6.09 Å². The molecule has 0 bridgehead atoms. The molecule has 0 radical (unpaired) electrons. The average Bonchev–Trinajstić information content (AvgIpc) is 2.77. The van der Waals surface area contributed by atoms with Gasteiger partial charge in [0.1, 0.15) is 6.29 Å². The van der Waals surface area contributed by atoms with E-state index in [9.17, 15) is 9.59 Å². The van der Waals surface area contributed by atoms with Gasteiger partial charge in [-0.05, 0) is 18.1 Å². The Labute approximate surface area is 104 Å². The van der Waals surface area contributed by atoms with Crippen molar-refractivity contribution in [3.05, 3.63) is 36.0 Å². The van der Waals surface area contributed by atoms with Crippen molar-refractivity contribution in [1.29, 1.82) is 0 Å². The topological polar surface area (TPSA) is 82.2 Å². The SMILES string of the molecule is O=CC(CNC(=O)O)Cc1c[nH]c2ccccc12.